The molecule has 0 bridgehead atoms. The van der Waals surface area contributed by atoms with E-state index in [-0.39, 0.29) is 11.3 Å². The van der Waals surface area contributed by atoms with Gasteiger partial charge in [-0.3, -0.25) is 9.48 Å². The van der Waals surface area contributed by atoms with Crippen molar-refractivity contribution in [2.75, 3.05) is 0 Å². The zero-order valence-corrected chi connectivity index (χ0v) is 10.6. The number of ketones is 1. The molecule has 0 spiro atoms. The second-order valence-electron chi connectivity index (χ2n) is 4.22. The number of aryl methyl sites for hydroxylation is 1. The normalized spacial score (nSPS) is 12.0. The second-order valence-corrected chi connectivity index (χ2v) is 4.22. The molecule has 1 aromatic heterocycles. The van der Waals surface area contributed by atoms with Crippen LogP contribution in [0.1, 0.15) is 21.5 Å². The first-order chi connectivity index (χ1) is 9.36. The summed E-state index contributed by atoms with van der Waals surface area (Å²) in [6.07, 6.45) is 1.77. The lowest BCUT2D eigenvalue weighted by atomic mass is 10.1. The van der Waals surface area contributed by atoms with E-state index in [0.29, 0.717) is 0 Å². The van der Waals surface area contributed by atoms with Gasteiger partial charge in [0.1, 0.15) is 0 Å². The Balaban J connectivity index is 2.12. The summed E-state index contributed by atoms with van der Waals surface area (Å²) in [5.41, 5.74) is 0.177. The third-order valence-electron chi connectivity index (χ3n) is 2.65. The van der Waals surface area contributed by atoms with Gasteiger partial charge in [0.2, 0.25) is 0 Å². The highest BCUT2D eigenvalue weighted by Crippen LogP contribution is 2.29. The van der Waals surface area contributed by atoms with Gasteiger partial charge >= 0.3 is 6.18 Å². The summed E-state index contributed by atoms with van der Waals surface area (Å²) >= 11 is 0. The molecule has 0 amide bonds. The van der Waals surface area contributed by atoms with E-state index >= 15 is 0 Å². The minimum atomic E-state index is -4.40. The first-order valence-corrected chi connectivity index (χ1v) is 5.74. The first kappa shape index (κ1) is 14.0. The molecular weight excluding hydrogens is 269 g/mol. The fourth-order valence-corrected chi connectivity index (χ4v) is 1.62. The average Bonchev–Trinajstić information content (AvgIpc) is 2.81. The largest absolute Gasteiger partial charge is 0.416 e. The Kier molecular flexibility index (Phi) is 3.74. The number of aromatic nitrogens is 2. The fourth-order valence-electron chi connectivity index (χ4n) is 1.62. The summed E-state index contributed by atoms with van der Waals surface area (Å²) in [6, 6.07) is 4.12. The molecule has 0 radical (unpaired) electrons. The summed E-state index contributed by atoms with van der Waals surface area (Å²) < 4.78 is 38.7. The van der Waals surface area contributed by atoms with Crippen LogP contribution in [0.25, 0.3) is 6.08 Å². The van der Waals surface area contributed by atoms with Gasteiger partial charge < -0.3 is 0 Å². The van der Waals surface area contributed by atoms with Crippen LogP contribution in [0, 0.1) is 0 Å². The van der Waals surface area contributed by atoms with Crippen LogP contribution in [-0.4, -0.2) is 15.6 Å². The number of nitrogens with zero attached hydrogens (tertiary/aromatic N) is 2. The van der Waals surface area contributed by atoms with Crippen molar-refractivity contribution in [1.82, 2.24) is 9.78 Å². The lowest BCUT2D eigenvalue weighted by Gasteiger charge is -2.06. The van der Waals surface area contributed by atoms with Gasteiger partial charge in [-0.05, 0) is 24.3 Å². The summed E-state index contributed by atoms with van der Waals surface area (Å²) in [5, 5.41) is 3.94. The molecule has 6 heteroatoms. The molecule has 0 unspecified atom stereocenters. The SMILES string of the molecule is Cn1cc(C=CC(=O)c2ccc(C(F)(F)F)cc2)cn1. The summed E-state index contributed by atoms with van der Waals surface area (Å²) in [4.78, 5) is 11.8. The van der Waals surface area contributed by atoms with Gasteiger partial charge in [-0.15, -0.1) is 0 Å². The van der Waals surface area contributed by atoms with E-state index in [1.54, 1.807) is 30.2 Å². The van der Waals surface area contributed by atoms with Crippen molar-refractivity contribution in [3.05, 3.63) is 59.4 Å². The maximum Gasteiger partial charge on any atom is 0.416 e. The minimum absolute atomic E-state index is 0.207. The van der Waals surface area contributed by atoms with Crippen molar-refractivity contribution >= 4 is 11.9 Å². The molecule has 1 heterocycles. The summed E-state index contributed by atoms with van der Waals surface area (Å²) in [5.74, 6) is -0.359. The number of alkyl halides is 3. The highest BCUT2D eigenvalue weighted by Gasteiger charge is 2.30. The van der Waals surface area contributed by atoms with Crippen molar-refractivity contribution in [3.8, 4) is 0 Å². The molecule has 0 saturated heterocycles. The van der Waals surface area contributed by atoms with E-state index in [1.807, 2.05) is 0 Å². The minimum Gasteiger partial charge on any atom is -0.289 e. The third kappa shape index (κ3) is 3.34. The molecular formula is C14H11F3N2O. The second kappa shape index (κ2) is 5.32. The van der Waals surface area contributed by atoms with Crippen LogP contribution in [-0.2, 0) is 13.2 Å². The third-order valence-corrected chi connectivity index (χ3v) is 2.65. The first-order valence-electron chi connectivity index (χ1n) is 5.74. The van der Waals surface area contributed by atoms with Crippen LogP contribution in [0.2, 0.25) is 0 Å². The Bertz CT molecular complexity index is 639. The molecule has 0 N–H and O–H groups in total. The Morgan fingerprint density at radius 3 is 2.40 bits per heavy atom. The van der Waals surface area contributed by atoms with Crippen LogP contribution >= 0.6 is 0 Å². The van der Waals surface area contributed by atoms with Gasteiger partial charge in [0.05, 0.1) is 11.8 Å². The van der Waals surface area contributed by atoms with E-state index in [2.05, 4.69) is 5.10 Å². The number of carbonyl (C=O) groups is 1. The standard InChI is InChI=1S/C14H11F3N2O/c1-19-9-10(8-18-19)2-7-13(20)11-3-5-12(6-4-11)14(15,16)17/h2-9H,1H3. The molecule has 0 aliphatic rings. The fraction of sp³-hybridized carbons (Fsp3) is 0.143. The van der Waals surface area contributed by atoms with Gasteiger partial charge in [-0.1, -0.05) is 12.1 Å². The molecule has 20 heavy (non-hydrogen) atoms. The highest BCUT2D eigenvalue weighted by molar-refractivity contribution is 6.06. The lowest BCUT2D eigenvalue weighted by Crippen LogP contribution is -2.05. The molecule has 0 aliphatic heterocycles. The van der Waals surface area contributed by atoms with Gasteiger partial charge in [0, 0.05) is 24.4 Å². The molecule has 0 fully saturated rings. The number of carbonyl (C=O) groups excluding carboxylic acids is 1. The zero-order chi connectivity index (χ0) is 14.8. The van der Waals surface area contributed by atoms with Gasteiger partial charge in [0.25, 0.3) is 0 Å². The Morgan fingerprint density at radius 2 is 1.90 bits per heavy atom. The van der Waals surface area contributed by atoms with Crippen LogP contribution in [0.5, 0.6) is 0 Å². The average molecular weight is 280 g/mol. The highest BCUT2D eigenvalue weighted by atomic mass is 19.4. The number of rotatable bonds is 3. The smallest absolute Gasteiger partial charge is 0.289 e. The number of allylic oxidation sites excluding steroid dienone is 1. The molecule has 0 aliphatic carbocycles. The van der Waals surface area contributed by atoms with E-state index in [0.717, 1.165) is 17.7 Å². The lowest BCUT2D eigenvalue weighted by molar-refractivity contribution is -0.137. The monoisotopic (exact) mass is 280 g/mol. The molecule has 1 aromatic carbocycles. The van der Waals surface area contributed by atoms with Crippen molar-refractivity contribution in [1.29, 1.82) is 0 Å². The molecule has 0 saturated carbocycles. The summed E-state index contributed by atoms with van der Waals surface area (Å²) in [7, 11) is 1.75. The molecule has 104 valence electrons. The number of benzene rings is 1. The Labute approximate surface area is 113 Å². The van der Waals surface area contributed by atoms with Gasteiger partial charge in [-0.25, -0.2) is 0 Å². The number of hydrogen-bond donors (Lipinski definition) is 0. The predicted octanol–water partition coefficient (Wildman–Crippen LogP) is 3.34. The maximum absolute atomic E-state index is 12.4. The quantitative estimate of drug-likeness (QED) is 0.638. The topological polar surface area (TPSA) is 34.9 Å². The number of halogens is 3. The van der Waals surface area contributed by atoms with Crippen molar-refractivity contribution in [2.24, 2.45) is 7.05 Å². The Hall–Kier alpha value is -2.37. The van der Waals surface area contributed by atoms with Crippen molar-refractivity contribution in [3.63, 3.8) is 0 Å². The van der Waals surface area contributed by atoms with Crippen LogP contribution in [0.3, 0.4) is 0 Å². The molecule has 2 aromatic rings. The van der Waals surface area contributed by atoms with Crippen LogP contribution < -0.4 is 0 Å². The molecule has 3 nitrogen and oxygen atoms in total. The van der Waals surface area contributed by atoms with Gasteiger partial charge in [0.15, 0.2) is 5.78 Å². The van der Waals surface area contributed by atoms with E-state index in [4.69, 9.17) is 0 Å². The summed E-state index contributed by atoms with van der Waals surface area (Å²) in [6.45, 7) is 0. The number of hydrogen-bond acceptors (Lipinski definition) is 2. The van der Waals surface area contributed by atoms with Crippen LogP contribution in [0.4, 0.5) is 13.2 Å². The molecule has 2 rings (SSSR count). The van der Waals surface area contributed by atoms with E-state index < -0.39 is 11.7 Å². The van der Waals surface area contributed by atoms with E-state index in [9.17, 15) is 18.0 Å². The van der Waals surface area contributed by atoms with Crippen molar-refractivity contribution in [2.45, 2.75) is 6.18 Å². The van der Waals surface area contributed by atoms with Crippen molar-refractivity contribution < 1.29 is 18.0 Å². The van der Waals surface area contributed by atoms with E-state index in [1.165, 1.54) is 18.2 Å². The Morgan fingerprint density at radius 1 is 1.25 bits per heavy atom. The maximum atomic E-state index is 12.4. The molecule has 0 atom stereocenters. The van der Waals surface area contributed by atoms with Gasteiger partial charge in [-0.2, -0.15) is 18.3 Å². The zero-order valence-electron chi connectivity index (χ0n) is 10.6. The predicted molar refractivity (Wildman–Crippen MR) is 68.0 cm³/mol. The van der Waals surface area contributed by atoms with Crippen LogP contribution in [0.15, 0.2) is 42.7 Å².